The van der Waals surface area contributed by atoms with Gasteiger partial charge in [-0.15, -0.1) is 0 Å². The topological polar surface area (TPSA) is 0 Å². The fourth-order valence-electron chi connectivity index (χ4n) is 0.956. The standard InChI is InChI=1S/C8H3Br2F5/c9-4-1-3(8(13,14)15)2-5(10)6(4)7(11)12/h1-2,7H. The summed E-state index contributed by atoms with van der Waals surface area (Å²) in [7, 11) is 0. The molecule has 0 bridgehead atoms. The zero-order valence-corrected chi connectivity index (χ0v) is 10.0. The Bertz CT molecular complexity index is 349. The molecule has 0 unspecified atom stereocenters. The highest BCUT2D eigenvalue weighted by atomic mass is 79.9. The van der Waals surface area contributed by atoms with Gasteiger partial charge in [-0.1, -0.05) is 31.9 Å². The first-order valence-corrected chi connectivity index (χ1v) is 5.16. The van der Waals surface area contributed by atoms with Gasteiger partial charge in [-0.25, -0.2) is 8.78 Å². The number of rotatable bonds is 1. The summed E-state index contributed by atoms with van der Waals surface area (Å²) in [4.78, 5) is 0. The molecule has 0 radical (unpaired) electrons. The van der Waals surface area contributed by atoms with Gasteiger partial charge in [-0.05, 0) is 12.1 Å². The van der Waals surface area contributed by atoms with Crippen molar-refractivity contribution in [1.29, 1.82) is 0 Å². The first-order valence-electron chi connectivity index (χ1n) is 3.57. The number of hydrogen-bond donors (Lipinski definition) is 0. The second kappa shape index (κ2) is 4.37. The van der Waals surface area contributed by atoms with Crippen molar-refractivity contribution in [3.05, 3.63) is 32.2 Å². The molecule has 0 aliphatic rings. The monoisotopic (exact) mass is 352 g/mol. The van der Waals surface area contributed by atoms with Crippen LogP contribution in [0.4, 0.5) is 22.0 Å². The second-order valence-electron chi connectivity index (χ2n) is 2.65. The molecule has 1 aromatic carbocycles. The van der Waals surface area contributed by atoms with Crippen LogP contribution in [0.1, 0.15) is 17.6 Å². The van der Waals surface area contributed by atoms with Gasteiger partial charge in [0.25, 0.3) is 6.43 Å². The molecule has 0 aromatic heterocycles. The SMILES string of the molecule is FC(F)c1c(Br)cc(C(F)(F)F)cc1Br. The van der Waals surface area contributed by atoms with Crippen LogP contribution >= 0.6 is 31.9 Å². The number of hydrogen-bond acceptors (Lipinski definition) is 0. The van der Waals surface area contributed by atoms with E-state index in [0.29, 0.717) is 12.1 Å². The molecule has 1 aromatic rings. The Morgan fingerprint density at radius 3 is 1.67 bits per heavy atom. The third kappa shape index (κ3) is 2.90. The molecule has 0 spiro atoms. The maximum atomic E-state index is 12.4. The van der Waals surface area contributed by atoms with Crippen LogP contribution in [0.25, 0.3) is 0 Å². The molecule has 0 saturated carbocycles. The molecule has 0 heterocycles. The van der Waals surface area contributed by atoms with Crippen LogP contribution in [0, 0.1) is 0 Å². The van der Waals surface area contributed by atoms with Gasteiger partial charge in [-0.2, -0.15) is 13.2 Å². The molecule has 84 valence electrons. The van der Waals surface area contributed by atoms with Crippen molar-refractivity contribution in [3.63, 3.8) is 0 Å². The smallest absolute Gasteiger partial charge is 0.205 e. The van der Waals surface area contributed by atoms with Gasteiger partial charge in [0.15, 0.2) is 0 Å². The highest BCUT2D eigenvalue weighted by Crippen LogP contribution is 2.39. The molecule has 0 fully saturated rings. The molecule has 0 nitrogen and oxygen atoms in total. The summed E-state index contributed by atoms with van der Waals surface area (Å²) in [5.74, 6) is 0. The van der Waals surface area contributed by atoms with Crippen molar-refractivity contribution >= 4 is 31.9 Å². The lowest BCUT2D eigenvalue weighted by Gasteiger charge is -2.11. The molecule has 0 aliphatic heterocycles. The Morgan fingerprint density at radius 2 is 1.40 bits per heavy atom. The number of benzene rings is 1. The average Bonchev–Trinajstić information content (AvgIpc) is 1.99. The van der Waals surface area contributed by atoms with Crippen LogP contribution in [0.5, 0.6) is 0 Å². The molecule has 0 amide bonds. The van der Waals surface area contributed by atoms with Gasteiger partial charge in [-0.3, -0.25) is 0 Å². The minimum Gasteiger partial charge on any atom is -0.205 e. The van der Waals surface area contributed by atoms with Gasteiger partial charge in [0.05, 0.1) is 5.56 Å². The highest BCUT2D eigenvalue weighted by Gasteiger charge is 2.32. The van der Waals surface area contributed by atoms with Crippen molar-refractivity contribution in [2.45, 2.75) is 12.6 Å². The van der Waals surface area contributed by atoms with Crippen LogP contribution in [-0.2, 0) is 6.18 Å². The molecule has 1 rings (SSSR count). The third-order valence-electron chi connectivity index (χ3n) is 1.62. The lowest BCUT2D eigenvalue weighted by atomic mass is 10.1. The van der Waals surface area contributed by atoms with Crippen molar-refractivity contribution in [2.75, 3.05) is 0 Å². The van der Waals surface area contributed by atoms with Crippen molar-refractivity contribution in [2.24, 2.45) is 0 Å². The van der Waals surface area contributed by atoms with Crippen molar-refractivity contribution in [1.82, 2.24) is 0 Å². The summed E-state index contributed by atoms with van der Waals surface area (Å²) in [6.07, 6.45) is -7.39. The second-order valence-corrected chi connectivity index (χ2v) is 4.36. The fraction of sp³-hybridized carbons (Fsp3) is 0.250. The largest absolute Gasteiger partial charge is 0.416 e. The van der Waals surface area contributed by atoms with Crippen LogP contribution < -0.4 is 0 Å². The van der Waals surface area contributed by atoms with Gasteiger partial charge in [0.2, 0.25) is 0 Å². The molecular formula is C8H3Br2F5. The number of alkyl halides is 5. The minimum atomic E-state index is -4.55. The van der Waals surface area contributed by atoms with Gasteiger partial charge < -0.3 is 0 Å². The quantitative estimate of drug-likeness (QED) is 0.611. The molecule has 7 heteroatoms. The van der Waals surface area contributed by atoms with Gasteiger partial charge >= 0.3 is 6.18 Å². The molecule has 0 atom stereocenters. The summed E-state index contributed by atoms with van der Waals surface area (Å²) in [6.45, 7) is 0. The fourth-order valence-corrected chi connectivity index (χ4v) is 2.49. The van der Waals surface area contributed by atoms with E-state index < -0.39 is 23.7 Å². The Morgan fingerprint density at radius 1 is 1.00 bits per heavy atom. The van der Waals surface area contributed by atoms with E-state index in [0.717, 1.165) is 0 Å². The number of halogens is 7. The van der Waals surface area contributed by atoms with E-state index in [1.807, 2.05) is 0 Å². The van der Waals surface area contributed by atoms with E-state index in [1.54, 1.807) is 0 Å². The lowest BCUT2D eigenvalue weighted by Crippen LogP contribution is -2.06. The van der Waals surface area contributed by atoms with Crippen molar-refractivity contribution < 1.29 is 22.0 Å². The summed E-state index contributed by atoms with van der Waals surface area (Å²) in [5, 5.41) is 0. The predicted octanol–water partition coefficient (Wildman–Crippen LogP) is 5.17. The molecule has 0 N–H and O–H groups in total. The van der Waals surface area contributed by atoms with Gasteiger partial charge in [0, 0.05) is 14.5 Å². The maximum absolute atomic E-state index is 12.4. The van der Waals surface area contributed by atoms with Crippen LogP contribution in [-0.4, -0.2) is 0 Å². The maximum Gasteiger partial charge on any atom is 0.416 e. The Labute approximate surface area is 98.7 Å². The van der Waals surface area contributed by atoms with Crippen LogP contribution in [0.3, 0.4) is 0 Å². The van der Waals surface area contributed by atoms with E-state index in [2.05, 4.69) is 31.9 Å². The average molecular weight is 354 g/mol. The summed E-state index contributed by atoms with van der Waals surface area (Å²) < 4.78 is 61.0. The predicted molar refractivity (Wildman–Crippen MR) is 51.8 cm³/mol. The Kier molecular flexibility index (Phi) is 3.76. The van der Waals surface area contributed by atoms with E-state index in [9.17, 15) is 22.0 Å². The highest BCUT2D eigenvalue weighted by molar-refractivity contribution is 9.11. The minimum absolute atomic E-state index is 0.265. The van der Waals surface area contributed by atoms with Gasteiger partial charge in [0.1, 0.15) is 0 Å². The van der Waals surface area contributed by atoms with Crippen LogP contribution in [0.15, 0.2) is 21.1 Å². The Hall–Kier alpha value is -0.170. The Balaban J connectivity index is 3.32. The first-order chi connectivity index (χ1) is 6.73. The zero-order chi connectivity index (χ0) is 11.8. The first kappa shape index (κ1) is 12.9. The third-order valence-corrected chi connectivity index (χ3v) is 2.94. The molecule has 0 saturated heterocycles. The normalized spacial score (nSPS) is 12.3. The van der Waals surface area contributed by atoms with Crippen LogP contribution in [0.2, 0.25) is 0 Å². The molecular weight excluding hydrogens is 351 g/mol. The van der Waals surface area contributed by atoms with E-state index >= 15 is 0 Å². The lowest BCUT2D eigenvalue weighted by molar-refractivity contribution is -0.137. The summed E-state index contributed by atoms with van der Waals surface area (Å²) >= 11 is 5.36. The van der Waals surface area contributed by atoms with E-state index in [-0.39, 0.29) is 8.95 Å². The zero-order valence-electron chi connectivity index (χ0n) is 6.88. The summed E-state index contributed by atoms with van der Waals surface area (Å²) in [5.41, 5.74) is -1.46. The molecule has 15 heavy (non-hydrogen) atoms. The van der Waals surface area contributed by atoms with E-state index in [1.165, 1.54) is 0 Å². The molecule has 0 aliphatic carbocycles. The van der Waals surface area contributed by atoms with E-state index in [4.69, 9.17) is 0 Å². The van der Waals surface area contributed by atoms with Crippen molar-refractivity contribution in [3.8, 4) is 0 Å². The summed E-state index contributed by atoms with van der Waals surface area (Å²) in [6, 6.07) is 1.26.